The zero-order valence-corrected chi connectivity index (χ0v) is 13.3. The summed E-state index contributed by atoms with van der Waals surface area (Å²) < 4.78 is 29.9. The summed E-state index contributed by atoms with van der Waals surface area (Å²) in [5.41, 5.74) is -1.07. The molecule has 0 saturated carbocycles. The number of nitriles is 1. The number of hydrogen-bond acceptors (Lipinski definition) is 5. The van der Waals surface area contributed by atoms with Gasteiger partial charge in [0.15, 0.2) is 5.41 Å². The van der Waals surface area contributed by atoms with Crippen LogP contribution in [-0.2, 0) is 25.0 Å². The summed E-state index contributed by atoms with van der Waals surface area (Å²) in [5, 5.41) is 9.28. The van der Waals surface area contributed by atoms with E-state index in [9.17, 15) is 18.5 Å². The van der Waals surface area contributed by atoms with E-state index in [2.05, 4.69) is 0 Å². The molecule has 1 rings (SSSR count). The zero-order chi connectivity index (χ0) is 16.3. The van der Waals surface area contributed by atoms with E-state index in [0.717, 1.165) is 4.31 Å². The average molecular weight is 310 g/mol. The number of hydrogen-bond donors (Lipinski definition) is 0. The molecule has 0 spiro atoms. The molecule has 0 aliphatic heterocycles. The van der Waals surface area contributed by atoms with Gasteiger partial charge >= 0.3 is 5.97 Å². The Bertz CT molecular complexity index is 659. The SMILES string of the molecule is CCOC(=O)C(C)(C#N)c1ccc(S(=O)(=O)N(C)C)cc1. The van der Waals surface area contributed by atoms with Crippen LogP contribution in [0.5, 0.6) is 0 Å². The van der Waals surface area contributed by atoms with Gasteiger partial charge in [0.2, 0.25) is 10.0 Å². The van der Waals surface area contributed by atoms with Gasteiger partial charge in [-0.3, -0.25) is 0 Å². The van der Waals surface area contributed by atoms with Crippen molar-refractivity contribution < 1.29 is 17.9 Å². The van der Waals surface area contributed by atoms with E-state index in [4.69, 9.17) is 4.74 Å². The highest BCUT2D eigenvalue weighted by Crippen LogP contribution is 2.26. The van der Waals surface area contributed by atoms with Crippen molar-refractivity contribution in [3.05, 3.63) is 29.8 Å². The lowest BCUT2D eigenvalue weighted by atomic mass is 9.84. The Hall–Kier alpha value is -1.91. The molecule has 0 saturated heterocycles. The molecule has 0 fully saturated rings. The maximum Gasteiger partial charge on any atom is 0.330 e. The van der Waals surface area contributed by atoms with Gasteiger partial charge in [0, 0.05) is 14.1 Å². The Morgan fingerprint density at radius 3 is 2.24 bits per heavy atom. The fraction of sp³-hybridized carbons (Fsp3) is 0.429. The van der Waals surface area contributed by atoms with Crippen LogP contribution in [0.2, 0.25) is 0 Å². The molecule has 1 aromatic carbocycles. The van der Waals surface area contributed by atoms with Crippen LogP contribution in [0.3, 0.4) is 0 Å². The molecule has 0 amide bonds. The number of ether oxygens (including phenoxy) is 1. The topological polar surface area (TPSA) is 87.5 Å². The van der Waals surface area contributed by atoms with Gasteiger partial charge in [-0.2, -0.15) is 5.26 Å². The lowest BCUT2D eigenvalue weighted by Gasteiger charge is -2.20. The minimum absolute atomic E-state index is 0.0976. The Labute approximate surface area is 125 Å². The molecule has 6 nitrogen and oxygen atoms in total. The fourth-order valence-electron chi connectivity index (χ4n) is 1.67. The first-order valence-corrected chi connectivity index (χ1v) is 7.75. The Kier molecular flexibility index (Phi) is 5.10. The lowest BCUT2D eigenvalue weighted by Crippen LogP contribution is -2.33. The fourth-order valence-corrected chi connectivity index (χ4v) is 2.58. The predicted octanol–water partition coefficient (Wildman–Crippen LogP) is 1.28. The second-order valence-electron chi connectivity index (χ2n) is 4.77. The smallest absolute Gasteiger partial charge is 0.330 e. The van der Waals surface area contributed by atoms with Crippen LogP contribution in [0.4, 0.5) is 0 Å². The molecule has 114 valence electrons. The van der Waals surface area contributed by atoms with Crippen molar-refractivity contribution >= 4 is 16.0 Å². The molecular weight excluding hydrogens is 292 g/mol. The Balaban J connectivity index is 3.24. The minimum atomic E-state index is -3.54. The maximum atomic E-state index is 12.0. The largest absolute Gasteiger partial charge is 0.465 e. The molecular formula is C14H18N2O4S. The first-order valence-electron chi connectivity index (χ1n) is 6.31. The quantitative estimate of drug-likeness (QED) is 0.765. The van der Waals surface area contributed by atoms with Crippen molar-refractivity contribution in [1.82, 2.24) is 4.31 Å². The molecule has 0 heterocycles. The molecule has 1 atom stereocenters. The van der Waals surface area contributed by atoms with E-state index in [1.165, 1.54) is 45.3 Å². The standard InChI is InChI=1S/C14H18N2O4S/c1-5-20-13(17)14(2,10-15)11-6-8-12(9-7-11)21(18,19)16(3)4/h6-9H,5H2,1-4H3. The number of esters is 1. The first kappa shape index (κ1) is 17.1. The van der Waals surface area contributed by atoms with Crippen LogP contribution in [0.25, 0.3) is 0 Å². The van der Waals surface area contributed by atoms with Crippen LogP contribution in [0, 0.1) is 11.3 Å². The number of carbonyl (C=O) groups is 1. The van der Waals surface area contributed by atoms with Crippen molar-refractivity contribution in [1.29, 1.82) is 5.26 Å². The first-order chi connectivity index (χ1) is 9.70. The van der Waals surface area contributed by atoms with E-state index in [1.807, 2.05) is 6.07 Å². The van der Waals surface area contributed by atoms with Gasteiger partial charge < -0.3 is 4.74 Å². The van der Waals surface area contributed by atoms with Crippen molar-refractivity contribution in [2.75, 3.05) is 20.7 Å². The number of carbonyl (C=O) groups excluding carboxylic acids is 1. The van der Waals surface area contributed by atoms with Crippen molar-refractivity contribution in [2.45, 2.75) is 24.2 Å². The molecule has 0 aromatic heterocycles. The molecule has 0 N–H and O–H groups in total. The van der Waals surface area contributed by atoms with E-state index in [0.29, 0.717) is 5.56 Å². The lowest BCUT2D eigenvalue weighted by molar-refractivity contribution is -0.147. The summed E-state index contributed by atoms with van der Waals surface area (Å²) in [7, 11) is -0.678. The van der Waals surface area contributed by atoms with Crippen LogP contribution >= 0.6 is 0 Å². The molecule has 1 aromatic rings. The van der Waals surface area contributed by atoms with Crippen LogP contribution in [0.1, 0.15) is 19.4 Å². The molecule has 0 aliphatic carbocycles. The molecule has 0 aliphatic rings. The van der Waals surface area contributed by atoms with Gasteiger partial charge in [-0.25, -0.2) is 17.5 Å². The van der Waals surface area contributed by atoms with Crippen molar-refractivity contribution in [3.63, 3.8) is 0 Å². The summed E-state index contributed by atoms with van der Waals surface area (Å²) in [4.78, 5) is 12.0. The summed E-state index contributed by atoms with van der Waals surface area (Å²) in [6.07, 6.45) is 0. The zero-order valence-electron chi connectivity index (χ0n) is 12.5. The number of sulfonamides is 1. The number of benzene rings is 1. The summed E-state index contributed by atoms with van der Waals surface area (Å²) >= 11 is 0. The van der Waals surface area contributed by atoms with Gasteiger partial charge in [-0.15, -0.1) is 0 Å². The van der Waals surface area contributed by atoms with Gasteiger partial charge in [0.25, 0.3) is 0 Å². The third kappa shape index (κ3) is 3.23. The summed E-state index contributed by atoms with van der Waals surface area (Å²) in [6, 6.07) is 7.58. The van der Waals surface area contributed by atoms with Crippen molar-refractivity contribution in [2.24, 2.45) is 0 Å². The van der Waals surface area contributed by atoms with Crippen LogP contribution < -0.4 is 0 Å². The summed E-state index contributed by atoms with van der Waals surface area (Å²) in [5.74, 6) is -0.657. The predicted molar refractivity (Wildman–Crippen MR) is 76.9 cm³/mol. The maximum absolute atomic E-state index is 12.0. The highest BCUT2D eigenvalue weighted by molar-refractivity contribution is 7.89. The normalized spacial score (nSPS) is 14.3. The molecule has 21 heavy (non-hydrogen) atoms. The highest BCUT2D eigenvalue weighted by Gasteiger charge is 2.37. The third-order valence-corrected chi connectivity index (χ3v) is 4.95. The molecule has 0 radical (unpaired) electrons. The van der Waals surface area contributed by atoms with Gasteiger partial charge in [0.1, 0.15) is 0 Å². The molecule has 7 heteroatoms. The number of rotatable bonds is 5. The molecule has 1 unspecified atom stereocenters. The van der Waals surface area contributed by atoms with E-state index < -0.39 is 21.4 Å². The van der Waals surface area contributed by atoms with Crippen LogP contribution in [0.15, 0.2) is 29.2 Å². The average Bonchev–Trinajstić information content (AvgIpc) is 2.46. The molecule has 0 bridgehead atoms. The Morgan fingerprint density at radius 1 is 1.33 bits per heavy atom. The van der Waals surface area contributed by atoms with E-state index >= 15 is 0 Å². The van der Waals surface area contributed by atoms with Crippen molar-refractivity contribution in [3.8, 4) is 6.07 Å². The summed E-state index contributed by atoms with van der Waals surface area (Å²) in [6.45, 7) is 3.27. The minimum Gasteiger partial charge on any atom is -0.465 e. The highest BCUT2D eigenvalue weighted by atomic mass is 32.2. The van der Waals surface area contributed by atoms with Gasteiger partial charge in [-0.05, 0) is 31.5 Å². The second-order valence-corrected chi connectivity index (χ2v) is 6.92. The third-order valence-electron chi connectivity index (χ3n) is 3.12. The van der Waals surface area contributed by atoms with Crippen LogP contribution in [-0.4, -0.2) is 39.4 Å². The van der Waals surface area contributed by atoms with E-state index in [1.54, 1.807) is 6.92 Å². The number of nitrogens with zero attached hydrogens (tertiary/aromatic N) is 2. The van der Waals surface area contributed by atoms with Gasteiger partial charge in [0.05, 0.1) is 17.6 Å². The van der Waals surface area contributed by atoms with Gasteiger partial charge in [-0.1, -0.05) is 12.1 Å². The van der Waals surface area contributed by atoms with E-state index in [-0.39, 0.29) is 11.5 Å². The monoisotopic (exact) mass is 310 g/mol. The Morgan fingerprint density at radius 2 is 1.86 bits per heavy atom. The second kappa shape index (κ2) is 6.24.